The van der Waals surface area contributed by atoms with Crippen molar-refractivity contribution in [2.45, 2.75) is 11.8 Å². The third-order valence-corrected chi connectivity index (χ3v) is 7.28. The SMILES string of the molecule is Cc1c(Cl)cccc1NC(=O)CNC(=O)CNc1ccc(F)c(S(=O)(=O)N2CCOCC2)c1. The highest BCUT2D eigenvalue weighted by Crippen LogP contribution is 2.24. The summed E-state index contributed by atoms with van der Waals surface area (Å²) in [4.78, 5) is 23.7. The van der Waals surface area contributed by atoms with Crippen molar-refractivity contribution in [3.05, 3.63) is 52.8 Å². The van der Waals surface area contributed by atoms with Gasteiger partial charge in [-0.2, -0.15) is 4.31 Å². The predicted octanol–water partition coefficient (Wildman–Crippen LogP) is 1.98. The van der Waals surface area contributed by atoms with Gasteiger partial charge in [0, 0.05) is 29.5 Å². The van der Waals surface area contributed by atoms with Crippen molar-refractivity contribution >= 4 is 44.8 Å². The summed E-state index contributed by atoms with van der Waals surface area (Å²) in [5, 5.41) is 8.37. The number of amides is 2. The fraction of sp³-hybridized carbons (Fsp3) is 0.333. The van der Waals surface area contributed by atoms with Crippen LogP contribution in [0.25, 0.3) is 0 Å². The molecule has 2 aromatic rings. The predicted molar refractivity (Wildman–Crippen MR) is 122 cm³/mol. The standard InChI is InChI=1S/C21H24ClFN4O5S/c1-14-16(22)3-2-4-18(14)26-21(29)13-25-20(28)12-24-15-5-6-17(23)19(11-15)33(30,31)27-7-9-32-10-8-27/h2-6,11,24H,7-10,12-13H2,1H3,(H,25,28)(H,26,29). The van der Waals surface area contributed by atoms with Gasteiger partial charge in [0.25, 0.3) is 0 Å². The van der Waals surface area contributed by atoms with Gasteiger partial charge in [-0.15, -0.1) is 0 Å². The number of anilines is 2. The van der Waals surface area contributed by atoms with Crippen molar-refractivity contribution in [3.63, 3.8) is 0 Å². The van der Waals surface area contributed by atoms with Crippen LogP contribution in [0.1, 0.15) is 5.56 Å². The zero-order chi connectivity index (χ0) is 24.0. The number of nitrogens with zero attached hydrogens (tertiary/aromatic N) is 1. The number of benzene rings is 2. The second-order valence-corrected chi connectivity index (χ2v) is 9.57. The van der Waals surface area contributed by atoms with Gasteiger partial charge >= 0.3 is 0 Å². The van der Waals surface area contributed by atoms with Gasteiger partial charge in [0.1, 0.15) is 10.7 Å². The Morgan fingerprint density at radius 1 is 1.12 bits per heavy atom. The minimum absolute atomic E-state index is 0.138. The van der Waals surface area contributed by atoms with E-state index in [1.807, 2.05) is 0 Å². The van der Waals surface area contributed by atoms with Crippen molar-refractivity contribution in [2.24, 2.45) is 0 Å². The molecule has 12 heteroatoms. The van der Waals surface area contributed by atoms with Gasteiger partial charge in [-0.1, -0.05) is 17.7 Å². The summed E-state index contributed by atoms with van der Waals surface area (Å²) in [6, 6.07) is 8.59. The van der Waals surface area contributed by atoms with Crippen LogP contribution in [0.15, 0.2) is 41.3 Å². The van der Waals surface area contributed by atoms with Crippen LogP contribution in [0.3, 0.4) is 0 Å². The molecule has 0 saturated carbocycles. The van der Waals surface area contributed by atoms with Crippen LogP contribution >= 0.6 is 11.6 Å². The quantitative estimate of drug-likeness (QED) is 0.512. The van der Waals surface area contributed by atoms with Gasteiger partial charge in [0.15, 0.2) is 0 Å². The zero-order valence-electron chi connectivity index (χ0n) is 17.9. The summed E-state index contributed by atoms with van der Waals surface area (Å²) < 4.78 is 46.0. The lowest BCUT2D eigenvalue weighted by atomic mass is 10.2. The molecular formula is C21H24ClFN4O5S. The number of carbonyl (C=O) groups is 2. The van der Waals surface area contributed by atoms with Crippen LogP contribution in [0.4, 0.5) is 15.8 Å². The smallest absolute Gasteiger partial charge is 0.246 e. The maximum atomic E-state index is 14.3. The number of carbonyl (C=O) groups excluding carboxylic acids is 2. The van der Waals surface area contributed by atoms with Gasteiger partial charge < -0.3 is 20.7 Å². The normalized spacial score (nSPS) is 14.5. The van der Waals surface area contributed by atoms with E-state index in [0.29, 0.717) is 16.3 Å². The van der Waals surface area contributed by atoms with E-state index in [1.54, 1.807) is 25.1 Å². The average Bonchev–Trinajstić information content (AvgIpc) is 2.80. The molecule has 1 fully saturated rings. The van der Waals surface area contributed by atoms with Crippen molar-refractivity contribution in [1.29, 1.82) is 0 Å². The van der Waals surface area contributed by atoms with E-state index < -0.39 is 32.6 Å². The van der Waals surface area contributed by atoms with Crippen LogP contribution in [-0.2, 0) is 24.3 Å². The summed E-state index contributed by atoms with van der Waals surface area (Å²) in [5.74, 6) is -1.83. The first-order chi connectivity index (χ1) is 15.7. The molecule has 0 atom stereocenters. The number of rotatable bonds is 8. The summed E-state index contributed by atoms with van der Waals surface area (Å²) in [6.45, 7) is 2.00. The van der Waals surface area contributed by atoms with E-state index in [4.69, 9.17) is 16.3 Å². The lowest BCUT2D eigenvalue weighted by Crippen LogP contribution is -2.41. The number of morpholine rings is 1. The van der Waals surface area contributed by atoms with Crippen LogP contribution in [-0.4, -0.2) is 63.9 Å². The molecule has 0 radical (unpaired) electrons. The molecule has 0 unspecified atom stereocenters. The van der Waals surface area contributed by atoms with Crippen LogP contribution in [0.2, 0.25) is 5.02 Å². The largest absolute Gasteiger partial charge is 0.379 e. The van der Waals surface area contributed by atoms with Gasteiger partial charge in [-0.05, 0) is 42.8 Å². The number of hydrogen-bond acceptors (Lipinski definition) is 6. The number of halogens is 2. The molecule has 3 rings (SSSR count). The Bertz CT molecular complexity index is 1140. The highest BCUT2D eigenvalue weighted by molar-refractivity contribution is 7.89. The molecule has 178 valence electrons. The maximum Gasteiger partial charge on any atom is 0.246 e. The van der Waals surface area contributed by atoms with Crippen LogP contribution < -0.4 is 16.0 Å². The maximum absolute atomic E-state index is 14.3. The molecule has 1 aliphatic heterocycles. The van der Waals surface area contributed by atoms with E-state index in [2.05, 4.69) is 16.0 Å². The van der Waals surface area contributed by atoms with Gasteiger partial charge in [0.05, 0.1) is 26.3 Å². The molecule has 9 nitrogen and oxygen atoms in total. The van der Waals surface area contributed by atoms with Crippen molar-refractivity contribution in [1.82, 2.24) is 9.62 Å². The topological polar surface area (TPSA) is 117 Å². The third kappa shape index (κ3) is 6.41. The molecule has 0 bridgehead atoms. The van der Waals surface area contributed by atoms with Gasteiger partial charge in [-0.3, -0.25) is 9.59 Å². The molecule has 3 N–H and O–H groups in total. The fourth-order valence-corrected chi connectivity index (χ4v) is 4.77. The first-order valence-corrected chi connectivity index (χ1v) is 11.9. The van der Waals surface area contributed by atoms with E-state index >= 15 is 0 Å². The Kier molecular flexibility index (Phi) is 8.25. The number of ether oxygens (including phenoxy) is 1. The second kappa shape index (κ2) is 10.9. The first kappa shape index (κ1) is 24.9. The Balaban J connectivity index is 1.54. The van der Waals surface area contributed by atoms with Crippen molar-refractivity contribution in [3.8, 4) is 0 Å². The molecule has 1 saturated heterocycles. The van der Waals surface area contributed by atoms with Crippen LogP contribution in [0.5, 0.6) is 0 Å². The minimum Gasteiger partial charge on any atom is -0.379 e. The number of nitrogens with one attached hydrogen (secondary N) is 3. The molecule has 0 spiro atoms. The number of hydrogen-bond donors (Lipinski definition) is 3. The monoisotopic (exact) mass is 498 g/mol. The Morgan fingerprint density at radius 3 is 2.58 bits per heavy atom. The molecular weight excluding hydrogens is 475 g/mol. The first-order valence-electron chi connectivity index (χ1n) is 10.1. The Labute approximate surface area is 196 Å². The minimum atomic E-state index is -4.04. The Hall–Kier alpha value is -2.73. The molecule has 2 aromatic carbocycles. The van der Waals surface area contributed by atoms with E-state index in [1.165, 1.54) is 6.07 Å². The van der Waals surface area contributed by atoms with Gasteiger partial charge in [-0.25, -0.2) is 12.8 Å². The van der Waals surface area contributed by atoms with E-state index in [-0.39, 0.29) is 45.1 Å². The highest BCUT2D eigenvalue weighted by Gasteiger charge is 2.29. The molecule has 0 aromatic heterocycles. The third-order valence-electron chi connectivity index (χ3n) is 4.96. The molecule has 33 heavy (non-hydrogen) atoms. The van der Waals surface area contributed by atoms with Crippen molar-refractivity contribution in [2.75, 3.05) is 50.0 Å². The summed E-state index contributed by atoms with van der Waals surface area (Å²) in [5.41, 5.74) is 1.50. The fourth-order valence-electron chi connectivity index (χ4n) is 3.10. The molecule has 1 heterocycles. The molecule has 0 aliphatic carbocycles. The number of sulfonamides is 1. The summed E-state index contributed by atoms with van der Waals surface area (Å²) in [6.07, 6.45) is 0. The molecule has 2 amide bonds. The lowest BCUT2D eigenvalue weighted by molar-refractivity contribution is -0.122. The Morgan fingerprint density at radius 2 is 1.85 bits per heavy atom. The highest BCUT2D eigenvalue weighted by atomic mass is 35.5. The summed E-state index contributed by atoms with van der Waals surface area (Å²) in [7, 11) is -4.04. The van der Waals surface area contributed by atoms with Crippen LogP contribution in [0, 0.1) is 12.7 Å². The van der Waals surface area contributed by atoms with Crippen molar-refractivity contribution < 1.29 is 27.1 Å². The molecule has 1 aliphatic rings. The lowest BCUT2D eigenvalue weighted by Gasteiger charge is -2.26. The zero-order valence-corrected chi connectivity index (χ0v) is 19.4. The summed E-state index contributed by atoms with van der Waals surface area (Å²) >= 11 is 6.02. The van der Waals surface area contributed by atoms with E-state index in [0.717, 1.165) is 16.4 Å². The van der Waals surface area contributed by atoms with E-state index in [9.17, 15) is 22.4 Å². The van der Waals surface area contributed by atoms with Gasteiger partial charge in [0.2, 0.25) is 21.8 Å². The second-order valence-electron chi connectivity index (χ2n) is 7.25. The average molecular weight is 499 g/mol.